The molecule has 5 aromatic rings. The molecule has 2 aromatic heterocycles. The van der Waals surface area contributed by atoms with Crippen molar-refractivity contribution in [1.29, 1.82) is 10.5 Å². The molecule has 0 aliphatic rings. The Morgan fingerprint density at radius 2 is 0.977 bits per heavy atom. The van der Waals surface area contributed by atoms with E-state index < -0.39 is 0 Å². The summed E-state index contributed by atoms with van der Waals surface area (Å²) in [5.74, 6) is 0. The normalized spacial score (nSPS) is 11.4. The van der Waals surface area contributed by atoms with E-state index in [0.29, 0.717) is 0 Å². The molecule has 3 aromatic carbocycles. The van der Waals surface area contributed by atoms with Crippen molar-refractivity contribution in [3.63, 3.8) is 0 Å². The lowest BCUT2D eigenvalue weighted by molar-refractivity contribution is 0.590. The van der Waals surface area contributed by atoms with Crippen LogP contribution in [-0.4, -0.2) is 0 Å². The maximum Gasteiger partial charge on any atom is 0.131 e. The highest BCUT2D eigenvalue weighted by molar-refractivity contribution is 7.24. The highest BCUT2D eigenvalue weighted by Gasteiger charge is 2.19. The predicted octanol–water partition coefficient (Wildman–Crippen LogP) is 11.6. The molecule has 5 heteroatoms. The van der Waals surface area contributed by atoms with Crippen molar-refractivity contribution in [3.8, 4) is 32.3 Å². The number of hydrogen-bond acceptors (Lipinski definition) is 5. The Hall–Kier alpha value is -4.42. The highest BCUT2D eigenvalue weighted by atomic mass is 32.1. The predicted molar refractivity (Wildman–Crippen MR) is 184 cm³/mol. The molecule has 3 nitrogen and oxygen atoms in total. The molecule has 0 aliphatic heterocycles. The molecule has 0 spiro atoms. The van der Waals surface area contributed by atoms with E-state index >= 15 is 0 Å². The van der Waals surface area contributed by atoms with Crippen LogP contribution in [0.5, 0.6) is 0 Å². The molecule has 5 rings (SSSR count). The Morgan fingerprint density at radius 3 is 1.44 bits per heavy atom. The Bertz CT molecular complexity index is 1750. The van der Waals surface area contributed by atoms with E-state index in [2.05, 4.69) is 137 Å². The van der Waals surface area contributed by atoms with E-state index in [0.717, 1.165) is 26.8 Å². The van der Waals surface area contributed by atoms with Gasteiger partial charge in [0.15, 0.2) is 0 Å². The minimum atomic E-state index is 0.0938. The van der Waals surface area contributed by atoms with Gasteiger partial charge in [-0.3, -0.25) is 0 Å². The maximum atomic E-state index is 9.07. The molecule has 0 atom stereocenters. The monoisotopic (exact) mass is 597 g/mol. The molecular formula is C38H35N3S2. The van der Waals surface area contributed by atoms with Gasteiger partial charge in [0.25, 0.3) is 0 Å². The lowest BCUT2D eigenvalue weighted by Gasteiger charge is -2.28. The molecule has 0 N–H and O–H groups in total. The molecule has 0 saturated carbocycles. The quantitative estimate of drug-likeness (QED) is 0.183. The van der Waals surface area contributed by atoms with Gasteiger partial charge in [-0.25, -0.2) is 0 Å². The third-order valence-electron chi connectivity index (χ3n) is 7.40. The summed E-state index contributed by atoms with van der Waals surface area (Å²) in [7, 11) is 0. The molecular weight excluding hydrogens is 563 g/mol. The number of hydrogen-bond donors (Lipinski definition) is 0. The lowest BCUT2D eigenvalue weighted by atomic mass is 9.86. The summed E-state index contributed by atoms with van der Waals surface area (Å²) in [5, 5.41) is 18.1. The van der Waals surface area contributed by atoms with Gasteiger partial charge in [-0.2, -0.15) is 10.5 Å². The molecule has 0 bridgehead atoms. The van der Waals surface area contributed by atoms with Gasteiger partial charge in [-0.15, -0.1) is 22.7 Å². The zero-order valence-electron chi connectivity index (χ0n) is 25.5. The van der Waals surface area contributed by atoms with Gasteiger partial charge in [0.1, 0.15) is 17.7 Å². The molecule has 43 heavy (non-hydrogen) atoms. The average Bonchev–Trinajstić information content (AvgIpc) is 3.66. The molecule has 2 heterocycles. The summed E-state index contributed by atoms with van der Waals surface area (Å²) >= 11 is 3.33. The zero-order chi connectivity index (χ0) is 30.8. The van der Waals surface area contributed by atoms with Crippen molar-refractivity contribution < 1.29 is 0 Å². The van der Waals surface area contributed by atoms with E-state index in [1.165, 1.54) is 26.4 Å². The van der Waals surface area contributed by atoms with Crippen LogP contribution in [0.2, 0.25) is 0 Å². The van der Waals surface area contributed by atoms with E-state index in [9.17, 15) is 0 Å². The van der Waals surface area contributed by atoms with Gasteiger partial charge in [0, 0.05) is 36.6 Å². The zero-order valence-corrected chi connectivity index (χ0v) is 27.1. The first-order valence-electron chi connectivity index (χ1n) is 14.3. The second-order valence-corrected chi connectivity index (χ2v) is 14.8. The van der Waals surface area contributed by atoms with Crippen molar-refractivity contribution >= 4 is 45.8 Å². The minimum Gasteiger partial charge on any atom is -0.311 e. The average molecular weight is 598 g/mol. The second kappa shape index (κ2) is 12.1. The van der Waals surface area contributed by atoms with E-state index in [1.807, 2.05) is 18.2 Å². The number of nitriles is 2. The molecule has 214 valence electrons. The second-order valence-electron chi connectivity index (χ2n) is 12.6. The van der Waals surface area contributed by atoms with Gasteiger partial charge in [-0.05, 0) is 94.3 Å². The number of benzene rings is 3. The number of rotatable bonds is 6. The first-order valence-corrected chi connectivity index (χ1v) is 15.9. The third-order valence-corrected chi connectivity index (χ3v) is 9.76. The summed E-state index contributed by atoms with van der Waals surface area (Å²) in [6, 6.07) is 38.8. The van der Waals surface area contributed by atoms with Crippen LogP contribution in [0.25, 0.3) is 26.3 Å². The topological polar surface area (TPSA) is 50.8 Å². The van der Waals surface area contributed by atoms with Crippen LogP contribution in [0.15, 0.2) is 103 Å². The van der Waals surface area contributed by atoms with Gasteiger partial charge in [-0.1, -0.05) is 77.9 Å². The largest absolute Gasteiger partial charge is 0.311 e. The minimum absolute atomic E-state index is 0.0938. The Labute approximate surface area is 263 Å². The number of thiophene rings is 2. The fraction of sp³-hybridized carbons (Fsp3) is 0.211. The molecule has 0 unspecified atom stereocenters. The molecule has 0 fully saturated rings. The van der Waals surface area contributed by atoms with Crippen LogP contribution in [0.4, 0.5) is 17.1 Å². The summed E-state index contributed by atoms with van der Waals surface area (Å²) in [6.45, 7) is 13.5. The summed E-state index contributed by atoms with van der Waals surface area (Å²) in [6.07, 6.45) is 1.64. The van der Waals surface area contributed by atoms with Crippen LogP contribution >= 0.6 is 22.7 Å². The Balaban J connectivity index is 1.46. The van der Waals surface area contributed by atoms with Crippen LogP contribution in [0, 0.1) is 22.7 Å². The van der Waals surface area contributed by atoms with Gasteiger partial charge in [0.2, 0.25) is 0 Å². The summed E-state index contributed by atoms with van der Waals surface area (Å²) in [4.78, 5) is 6.70. The molecule has 0 saturated heterocycles. The SMILES string of the molecule is CC(C)(C)c1ccc(N(c2ccc(-c3ccc(-c4ccc(C=C(C#N)C#N)s4)s3)cc2)c2ccc(C(C)(C)C)cc2)cc1. The van der Waals surface area contributed by atoms with E-state index in [4.69, 9.17) is 10.5 Å². The van der Waals surface area contributed by atoms with Crippen LogP contribution in [0.1, 0.15) is 57.5 Å². The van der Waals surface area contributed by atoms with Crippen molar-refractivity contribution in [2.75, 3.05) is 4.90 Å². The summed E-state index contributed by atoms with van der Waals surface area (Å²) in [5.41, 5.74) is 7.45. The van der Waals surface area contributed by atoms with Gasteiger partial charge in [0.05, 0.1) is 0 Å². The van der Waals surface area contributed by atoms with Gasteiger partial charge < -0.3 is 4.90 Å². The van der Waals surface area contributed by atoms with E-state index in [1.54, 1.807) is 28.7 Å². The third kappa shape index (κ3) is 6.81. The van der Waals surface area contributed by atoms with Crippen LogP contribution < -0.4 is 4.90 Å². The number of allylic oxidation sites excluding steroid dienone is 1. The fourth-order valence-corrected chi connectivity index (χ4v) is 6.92. The van der Waals surface area contributed by atoms with Crippen molar-refractivity contribution in [1.82, 2.24) is 0 Å². The smallest absolute Gasteiger partial charge is 0.131 e. The van der Waals surface area contributed by atoms with Crippen molar-refractivity contribution in [2.45, 2.75) is 52.4 Å². The Morgan fingerprint density at radius 1 is 0.558 bits per heavy atom. The highest BCUT2D eigenvalue weighted by Crippen LogP contribution is 2.41. The summed E-state index contributed by atoms with van der Waals surface area (Å²) < 4.78 is 0. The standard InChI is InChI=1S/C38H35N3S2/c1-37(2,3)28-9-15-31(16-10-28)41(32-17-11-29(12-18-32)38(4,5)6)30-13-7-27(8-14-30)34-21-22-36(43-34)35-20-19-33(42-35)23-26(24-39)25-40/h7-23H,1-6H3. The lowest BCUT2D eigenvalue weighted by Crippen LogP contribution is -2.14. The van der Waals surface area contributed by atoms with E-state index in [-0.39, 0.29) is 16.4 Å². The van der Waals surface area contributed by atoms with Gasteiger partial charge >= 0.3 is 0 Å². The van der Waals surface area contributed by atoms with Crippen molar-refractivity contribution in [3.05, 3.63) is 119 Å². The molecule has 0 radical (unpaired) electrons. The first kappa shape index (κ1) is 30.1. The van der Waals surface area contributed by atoms with Crippen LogP contribution in [0.3, 0.4) is 0 Å². The fourth-order valence-electron chi connectivity index (χ4n) is 4.86. The van der Waals surface area contributed by atoms with Crippen LogP contribution in [-0.2, 0) is 10.8 Å². The number of anilines is 3. The Kier molecular flexibility index (Phi) is 8.43. The maximum absolute atomic E-state index is 9.07. The molecule has 0 amide bonds. The molecule has 0 aliphatic carbocycles. The van der Waals surface area contributed by atoms with Crippen molar-refractivity contribution in [2.24, 2.45) is 0 Å². The number of nitrogens with zero attached hydrogens (tertiary/aromatic N) is 3. The first-order chi connectivity index (χ1) is 20.5.